The van der Waals surface area contributed by atoms with E-state index >= 15 is 0 Å². The molecule has 1 aromatic heterocycles. The Labute approximate surface area is 159 Å². The van der Waals surface area contributed by atoms with Gasteiger partial charge in [0.1, 0.15) is 5.58 Å². The third-order valence-electron chi connectivity index (χ3n) is 4.27. The molecule has 0 N–H and O–H groups in total. The molecule has 2 heterocycles. The van der Waals surface area contributed by atoms with E-state index in [1.54, 1.807) is 0 Å². The Kier molecular flexibility index (Phi) is 4.08. The molecule has 3 aromatic carbocycles. The van der Waals surface area contributed by atoms with Gasteiger partial charge in [-0.05, 0) is 30.6 Å². The maximum atomic E-state index is 6.09. The number of nitrogens with zero attached hydrogens (tertiary/aromatic N) is 2. The topological polar surface area (TPSA) is 19.6 Å². The number of para-hydroxylation sites is 2. The third kappa shape index (κ3) is 2.64. The Morgan fingerprint density at radius 2 is 1.56 bits per heavy atom. The van der Waals surface area contributed by atoms with Gasteiger partial charge in [0.15, 0.2) is 0 Å². The Hall–Kier alpha value is -2.55. The van der Waals surface area contributed by atoms with Crippen molar-refractivity contribution in [1.82, 2.24) is 0 Å². The van der Waals surface area contributed by atoms with Crippen LogP contribution in [-0.4, -0.2) is 0 Å². The van der Waals surface area contributed by atoms with Crippen molar-refractivity contribution in [3.8, 4) is 0 Å². The van der Waals surface area contributed by atoms with Gasteiger partial charge < -0.3 is 14.2 Å². The SMILES string of the molecule is [Ir].[c-]1ccc2c(oc3ccccc32)c1N1C=CN(c2ccccc2)[CH-]1. The van der Waals surface area contributed by atoms with Crippen LogP contribution in [0.5, 0.6) is 0 Å². The van der Waals surface area contributed by atoms with Crippen molar-refractivity contribution in [3.63, 3.8) is 0 Å². The zero-order valence-corrected chi connectivity index (χ0v) is 15.6. The Bertz CT molecular complexity index is 1060. The molecule has 0 saturated heterocycles. The zero-order valence-electron chi connectivity index (χ0n) is 13.2. The van der Waals surface area contributed by atoms with Crippen LogP contribution in [0.15, 0.2) is 83.5 Å². The molecule has 0 bridgehead atoms. The molecule has 0 atom stereocenters. The summed E-state index contributed by atoms with van der Waals surface area (Å²) in [7, 11) is 0. The summed E-state index contributed by atoms with van der Waals surface area (Å²) in [6.45, 7) is 2.04. The van der Waals surface area contributed by atoms with E-state index in [4.69, 9.17) is 4.42 Å². The zero-order chi connectivity index (χ0) is 15.9. The molecule has 4 aromatic rings. The molecule has 1 aliphatic rings. The van der Waals surface area contributed by atoms with Gasteiger partial charge in [0.25, 0.3) is 0 Å². The van der Waals surface area contributed by atoms with Crippen molar-refractivity contribution in [1.29, 1.82) is 0 Å². The number of anilines is 2. The summed E-state index contributed by atoms with van der Waals surface area (Å²) in [5.74, 6) is 0. The molecule has 0 spiro atoms. The smallest absolute Gasteiger partial charge is 0.116 e. The van der Waals surface area contributed by atoms with E-state index in [1.165, 1.54) is 0 Å². The normalized spacial score (nSPS) is 13.6. The van der Waals surface area contributed by atoms with E-state index < -0.39 is 0 Å². The van der Waals surface area contributed by atoms with Gasteiger partial charge in [0.05, 0.1) is 0 Å². The van der Waals surface area contributed by atoms with Crippen LogP contribution in [0, 0.1) is 12.7 Å². The number of fused-ring (bicyclic) bond motifs is 3. The minimum Gasteiger partial charge on any atom is -0.514 e. The predicted octanol–water partition coefficient (Wildman–Crippen LogP) is 5.30. The van der Waals surface area contributed by atoms with Gasteiger partial charge in [0.2, 0.25) is 0 Å². The summed E-state index contributed by atoms with van der Waals surface area (Å²) in [5, 5.41) is 2.24. The minimum absolute atomic E-state index is 0. The van der Waals surface area contributed by atoms with Crippen LogP contribution in [0.1, 0.15) is 0 Å². The van der Waals surface area contributed by atoms with Crippen molar-refractivity contribution < 1.29 is 24.5 Å². The van der Waals surface area contributed by atoms with Gasteiger partial charge in [0, 0.05) is 36.8 Å². The number of rotatable bonds is 2. The van der Waals surface area contributed by atoms with Crippen LogP contribution >= 0.6 is 0 Å². The van der Waals surface area contributed by atoms with E-state index in [0.29, 0.717) is 0 Å². The average Bonchev–Trinajstić information content (AvgIpc) is 3.27. The van der Waals surface area contributed by atoms with E-state index in [1.807, 2.05) is 66.4 Å². The fourth-order valence-electron chi connectivity index (χ4n) is 3.11. The number of furan rings is 1. The fraction of sp³-hybridized carbons (Fsp3) is 0. The van der Waals surface area contributed by atoms with E-state index in [-0.39, 0.29) is 20.1 Å². The second kappa shape index (κ2) is 6.40. The molecule has 0 aliphatic carbocycles. The van der Waals surface area contributed by atoms with Crippen LogP contribution in [0.25, 0.3) is 21.9 Å². The molecule has 4 heteroatoms. The van der Waals surface area contributed by atoms with E-state index in [0.717, 1.165) is 33.3 Å². The Morgan fingerprint density at radius 3 is 2.44 bits per heavy atom. The molecule has 3 nitrogen and oxygen atoms in total. The summed E-state index contributed by atoms with van der Waals surface area (Å²) in [4.78, 5) is 4.12. The van der Waals surface area contributed by atoms with Crippen molar-refractivity contribution in [2.45, 2.75) is 0 Å². The molecular formula is C21H14IrN2O-2. The average molecular weight is 503 g/mol. The first kappa shape index (κ1) is 15.9. The minimum atomic E-state index is 0. The fourth-order valence-corrected chi connectivity index (χ4v) is 3.11. The van der Waals surface area contributed by atoms with Crippen LogP contribution in [-0.2, 0) is 20.1 Å². The quantitative estimate of drug-likeness (QED) is 0.347. The van der Waals surface area contributed by atoms with Crippen LogP contribution in [0.3, 0.4) is 0 Å². The molecule has 1 aliphatic heterocycles. The number of benzene rings is 3. The van der Waals surface area contributed by atoms with Gasteiger partial charge >= 0.3 is 0 Å². The van der Waals surface area contributed by atoms with Crippen molar-refractivity contribution >= 4 is 33.3 Å². The number of hydrogen-bond donors (Lipinski definition) is 0. The maximum Gasteiger partial charge on any atom is 0.116 e. The van der Waals surface area contributed by atoms with Crippen LogP contribution < -0.4 is 9.80 Å². The first-order chi connectivity index (χ1) is 11.9. The molecule has 125 valence electrons. The number of hydrogen-bond acceptors (Lipinski definition) is 3. The first-order valence-corrected chi connectivity index (χ1v) is 7.87. The summed E-state index contributed by atoms with van der Waals surface area (Å²) in [6.07, 6.45) is 4.05. The molecule has 5 rings (SSSR count). The first-order valence-electron chi connectivity index (χ1n) is 7.87. The van der Waals surface area contributed by atoms with Crippen molar-refractivity contribution in [3.05, 3.63) is 91.9 Å². The van der Waals surface area contributed by atoms with Gasteiger partial charge in [-0.3, -0.25) is 0 Å². The van der Waals surface area contributed by atoms with Gasteiger partial charge in [-0.15, -0.1) is 6.67 Å². The maximum absolute atomic E-state index is 6.09. The molecular weight excluding hydrogens is 488 g/mol. The summed E-state index contributed by atoms with van der Waals surface area (Å²) in [6, 6.07) is 25.7. The Morgan fingerprint density at radius 1 is 0.800 bits per heavy atom. The van der Waals surface area contributed by atoms with Gasteiger partial charge in [-0.2, -0.15) is 18.2 Å². The summed E-state index contributed by atoms with van der Waals surface area (Å²) < 4.78 is 6.09. The van der Waals surface area contributed by atoms with Crippen molar-refractivity contribution in [2.75, 3.05) is 9.80 Å². The molecule has 0 unspecified atom stereocenters. The second-order valence-corrected chi connectivity index (χ2v) is 5.73. The Balaban J connectivity index is 0.00000157. The van der Waals surface area contributed by atoms with Crippen molar-refractivity contribution in [2.24, 2.45) is 0 Å². The molecule has 0 saturated carbocycles. The van der Waals surface area contributed by atoms with E-state index in [2.05, 4.69) is 35.2 Å². The van der Waals surface area contributed by atoms with Crippen LogP contribution in [0.2, 0.25) is 0 Å². The van der Waals surface area contributed by atoms with Gasteiger partial charge in [-0.25, -0.2) is 0 Å². The third-order valence-corrected chi connectivity index (χ3v) is 4.27. The molecule has 0 amide bonds. The summed E-state index contributed by atoms with van der Waals surface area (Å²) >= 11 is 0. The standard InChI is InChI=1S/C21H14N2O.Ir/c1-2-7-16(8-3-1)22-13-14-23(15-22)19-11-6-10-18-17-9-4-5-12-20(17)24-21(18)19;/h1-10,12-15H;/q-2;. The predicted molar refractivity (Wildman–Crippen MR) is 97.4 cm³/mol. The second-order valence-electron chi connectivity index (χ2n) is 5.73. The monoisotopic (exact) mass is 503 g/mol. The largest absolute Gasteiger partial charge is 0.514 e. The van der Waals surface area contributed by atoms with Crippen LogP contribution in [0.4, 0.5) is 11.4 Å². The molecule has 25 heavy (non-hydrogen) atoms. The molecule has 1 radical (unpaired) electrons. The summed E-state index contributed by atoms with van der Waals surface area (Å²) in [5.41, 5.74) is 3.79. The van der Waals surface area contributed by atoms with Gasteiger partial charge in [-0.1, -0.05) is 47.5 Å². The molecule has 0 fully saturated rings. The van der Waals surface area contributed by atoms with E-state index in [9.17, 15) is 0 Å².